The predicted octanol–water partition coefficient (Wildman–Crippen LogP) is 1.11. The van der Waals surface area contributed by atoms with E-state index in [1.54, 1.807) is 0 Å². The van der Waals surface area contributed by atoms with Crippen LogP contribution in [0.4, 0.5) is 0 Å². The topological polar surface area (TPSA) is 47.1 Å². The van der Waals surface area contributed by atoms with E-state index in [0.29, 0.717) is 6.04 Å². The molecule has 1 saturated heterocycles. The van der Waals surface area contributed by atoms with Gasteiger partial charge in [0.1, 0.15) is 0 Å². The van der Waals surface area contributed by atoms with Crippen molar-refractivity contribution in [1.29, 1.82) is 0 Å². The number of nitrogens with zero attached hydrogens (tertiary/aromatic N) is 3. The van der Waals surface area contributed by atoms with Gasteiger partial charge in [0.2, 0.25) is 0 Å². The van der Waals surface area contributed by atoms with Gasteiger partial charge in [-0.2, -0.15) is 5.10 Å². The smallest absolute Gasteiger partial charge is 0.0663 e. The number of piperidine rings is 1. The molecule has 0 aromatic carbocycles. The molecule has 1 unspecified atom stereocenters. The maximum atomic E-state index is 5.95. The molecular formula is C10H17BrN4. The Balaban J connectivity index is 2.02. The molecule has 1 aromatic rings. The lowest BCUT2D eigenvalue weighted by atomic mass is 10.1. The molecule has 1 aromatic heterocycles. The average Bonchev–Trinajstić information content (AvgIpc) is 2.50. The highest BCUT2D eigenvalue weighted by atomic mass is 79.9. The Hall–Kier alpha value is -0.390. The summed E-state index contributed by atoms with van der Waals surface area (Å²) in [5.74, 6) is 0. The number of aryl methyl sites for hydroxylation is 1. The summed E-state index contributed by atoms with van der Waals surface area (Å²) in [6.07, 6.45) is 4.21. The first-order chi connectivity index (χ1) is 7.16. The lowest BCUT2D eigenvalue weighted by Crippen LogP contribution is -2.42. The van der Waals surface area contributed by atoms with Gasteiger partial charge < -0.3 is 5.73 Å². The third kappa shape index (κ3) is 2.59. The molecule has 0 amide bonds. The van der Waals surface area contributed by atoms with Crippen LogP contribution in [0.3, 0.4) is 0 Å². The Kier molecular flexibility index (Phi) is 3.43. The van der Waals surface area contributed by atoms with Gasteiger partial charge in [0.15, 0.2) is 0 Å². The van der Waals surface area contributed by atoms with E-state index < -0.39 is 0 Å². The minimum atomic E-state index is 0.339. The fourth-order valence-electron chi connectivity index (χ4n) is 2.06. The summed E-state index contributed by atoms with van der Waals surface area (Å²) in [4.78, 5) is 2.40. The van der Waals surface area contributed by atoms with Crippen LogP contribution < -0.4 is 5.73 Å². The Morgan fingerprint density at radius 2 is 2.47 bits per heavy atom. The fourth-order valence-corrected chi connectivity index (χ4v) is 2.53. The number of hydrogen-bond acceptors (Lipinski definition) is 3. The van der Waals surface area contributed by atoms with Crippen LogP contribution in [0.1, 0.15) is 18.5 Å². The third-order valence-electron chi connectivity index (χ3n) is 2.93. The van der Waals surface area contributed by atoms with E-state index in [9.17, 15) is 0 Å². The standard InChI is InChI=1S/C10H17BrN4/c1-14-10(9(11)5-13-14)7-15-4-2-3-8(12)6-15/h5,8H,2-4,6-7,12H2,1H3. The van der Waals surface area contributed by atoms with Gasteiger partial charge in [-0.05, 0) is 35.3 Å². The van der Waals surface area contributed by atoms with Crippen molar-refractivity contribution in [3.05, 3.63) is 16.4 Å². The summed E-state index contributed by atoms with van der Waals surface area (Å²) in [6.45, 7) is 3.08. The van der Waals surface area contributed by atoms with Crippen molar-refractivity contribution in [3.8, 4) is 0 Å². The molecule has 1 aliphatic rings. The first-order valence-electron chi connectivity index (χ1n) is 5.31. The molecule has 0 radical (unpaired) electrons. The lowest BCUT2D eigenvalue weighted by molar-refractivity contribution is 0.197. The number of nitrogens with two attached hydrogens (primary N) is 1. The molecule has 0 aliphatic carbocycles. The van der Waals surface area contributed by atoms with Gasteiger partial charge in [0.25, 0.3) is 0 Å². The Bertz CT molecular complexity index is 317. The molecule has 1 aliphatic heterocycles. The maximum Gasteiger partial charge on any atom is 0.0663 e. The van der Waals surface area contributed by atoms with Crippen molar-refractivity contribution >= 4 is 15.9 Å². The molecule has 2 rings (SSSR count). The van der Waals surface area contributed by atoms with Crippen LogP contribution in [0.2, 0.25) is 0 Å². The van der Waals surface area contributed by atoms with Gasteiger partial charge in [0, 0.05) is 26.2 Å². The Morgan fingerprint density at radius 1 is 1.67 bits per heavy atom. The molecule has 84 valence electrons. The van der Waals surface area contributed by atoms with Gasteiger partial charge in [-0.3, -0.25) is 9.58 Å². The van der Waals surface area contributed by atoms with E-state index in [1.807, 2.05) is 17.9 Å². The van der Waals surface area contributed by atoms with E-state index in [0.717, 1.165) is 30.5 Å². The molecular weight excluding hydrogens is 256 g/mol. The van der Waals surface area contributed by atoms with Crippen molar-refractivity contribution in [2.45, 2.75) is 25.4 Å². The van der Waals surface area contributed by atoms with Crippen LogP contribution in [-0.4, -0.2) is 33.8 Å². The van der Waals surface area contributed by atoms with E-state index in [2.05, 4.69) is 25.9 Å². The first kappa shape index (κ1) is 11.1. The Labute approximate surface area is 98.6 Å². The van der Waals surface area contributed by atoms with Gasteiger partial charge in [-0.15, -0.1) is 0 Å². The Morgan fingerprint density at radius 3 is 3.07 bits per heavy atom. The highest BCUT2D eigenvalue weighted by Crippen LogP contribution is 2.19. The van der Waals surface area contributed by atoms with E-state index >= 15 is 0 Å². The average molecular weight is 273 g/mol. The zero-order chi connectivity index (χ0) is 10.8. The molecule has 5 heteroatoms. The van der Waals surface area contributed by atoms with Gasteiger partial charge in [-0.1, -0.05) is 0 Å². The lowest BCUT2D eigenvalue weighted by Gasteiger charge is -2.30. The SMILES string of the molecule is Cn1ncc(Br)c1CN1CCCC(N)C1. The van der Waals surface area contributed by atoms with E-state index in [1.165, 1.54) is 12.1 Å². The molecule has 2 N–H and O–H groups in total. The summed E-state index contributed by atoms with van der Waals surface area (Å²) in [5.41, 5.74) is 7.18. The molecule has 1 fully saturated rings. The minimum Gasteiger partial charge on any atom is -0.327 e. The minimum absolute atomic E-state index is 0.339. The van der Waals surface area contributed by atoms with Crippen molar-refractivity contribution in [3.63, 3.8) is 0 Å². The highest BCUT2D eigenvalue weighted by molar-refractivity contribution is 9.10. The van der Waals surface area contributed by atoms with Crippen LogP contribution in [-0.2, 0) is 13.6 Å². The zero-order valence-electron chi connectivity index (χ0n) is 8.99. The van der Waals surface area contributed by atoms with E-state index in [4.69, 9.17) is 5.73 Å². The van der Waals surface area contributed by atoms with Crippen LogP contribution in [0.25, 0.3) is 0 Å². The normalized spacial score (nSPS) is 23.3. The molecule has 2 heterocycles. The quantitative estimate of drug-likeness (QED) is 0.878. The summed E-state index contributed by atoms with van der Waals surface area (Å²) >= 11 is 3.52. The molecule has 0 spiro atoms. The molecule has 4 nitrogen and oxygen atoms in total. The molecule has 0 saturated carbocycles. The predicted molar refractivity (Wildman–Crippen MR) is 63.4 cm³/mol. The second kappa shape index (κ2) is 4.63. The molecule has 0 bridgehead atoms. The maximum absolute atomic E-state index is 5.95. The van der Waals surface area contributed by atoms with Crippen molar-refractivity contribution in [2.75, 3.05) is 13.1 Å². The largest absolute Gasteiger partial charge is 0.327 e. The second-order valence-corrected chi connectivity index (χ2v) is 5.05. The van der Waals surface area contributed by atoms with Crippen molar-refractivity contribution in [1.82, 2.24) is 14.7 Å². The third-order valence-corrected chi connectivity index (χ3v) is 3.59. The van der Waals surface area contributed by atoms with Crippen LogP contribution >= 0.6 is 15.9 Å². The first-order valence-corrected chi connectivity index (χ1v) is 6.10. The summed E-state index contributed by atoms with van der Waals surface area (Å²) < 4.78 is 3.01. The number of halogens is 1. The van der Waals surface area contributed by atoms with Gasteiger partial charge >= 0.3 is 0 Å². The summed E-state index contributed by atoms with van der Waals surface area (Å²) in [7, 11) is 1.98. The zero-order valence-corrected chi connectivity index (χ0v) is 10.6. The van der Waals surface area contributed by atoms with Gasteiger partial charge in [0.05, 0.1) is 16.4 Å². The number of likely N-dealkylation sites (tertiary alicyclic amines) is 1. The number of aromatic nitrogens is 2. The second-order valence-electron chi connectivity index (χ2n) is 4.20. The van der Waals surface area contributed by atoms with E-state index in [-0.39, 0.29) is 0 Å². The number of rotatable bonds is 2. The molecule has 15 heavy (non-hydrogen) atoms. The van der Waals surface area contributed by atoms with Gasteiger partial charge in [-0.25, -0.2) is 0 Å². The van der Waals surface area contributed by atoms with Crippen LogP contribution in [0, 0.1) is 0 Å². The van der Waals surface area contributed by atoms with Crippen molar-refractivity contribution in [2.24, 2.45) is 12.8 Å². The van der Waals surface area contributed by atoms with Crippen LogP contribution in [0.5, 0.6) is 0 Å². The summed E-state index contributed by atoms with van der Waals surface area (Å²) in [5, 5.41) is 4.21. The summed E-state index contributed by atoms with van der Waals surface area (Å²) in [6, 6.07) is 0.339. The highest BCUT2D eigenvalue weighted by Gasteiger charge is 2.18. The number of hydrogen-bond donors (Lipinski definition) is 1. The fraction of sp³-hybridized carbons (Fsp3) is 0.700. The molecule has 1 atom stereocenters. The van der Waals surface area contributed by atoms with Crippen molar-refractivity contribution < 1.29 is 0 Å². The monoisotopic (exact) mass is 272 g/mol. The van der Waals surface area contributed by atoms with Crippen LogP contribution in [0.15, 0.2) is 10.7 Å².